The number of benzene rings is 1. The Morgan fingerprint density at radius 2 is 1.72 bits per heavy atom. The Kier molecular flexibility index (Phi) is 5.18. The van der Waals surface area contributed by atoms with Gasteiger partial charge in [-0.15, -0.1) is 0 Å². The fraction of sp³-hybridized carbons (Fsp3) is 0.250. The van der Waals surface area contributed by atoms with E-state index >= 15 is 0 Å². The summed E-state index contributed by atoms with van der Waals surface area (Å²) in [5, 5.41) is 5.39. The van der Waals surface area contributed by atoms with Gasteiger partial charge in [-0.2, -0.15) is 0 Å². The van der Waals surface area contributed by atoms with Crippen molar-refractivity contribution < 1.29 is 9.59 Å². The van der Waals surface area contributed by atoms with Crippen molar-refractivity contribution in [3.05, 3.63) is 88.6 Å². The Hall–Kier alpha value is -3.94. The molecular formula is C24H23N5O3. The van der Waals surface area contributed by atoms with E-state index in [1.165, 1.54) is 0 Å². The molecule has 2 aromatic heterocycles. The second-order valence-electron chi connectivity index (χ2n) is 8.26. The molecule has 32 heavy (non-hydrogen) atoms. The van der Waals surface area contributed by atoms with Crippen LogP contribution in [0.4, 0.5) is 16.2 Å². The fourth-order valence-electron chi connectivity index (χ4n) is 4.66. The van der Waals surface area contributed by atoms with Crippen LogP contribution in [0.3, 0.4) is 0 Å². The number of hydrogen-bond acceptors (Lipinski definition) is 4. The van der Waals surface area contributed by atoms with Crippen LogP contribution in [0.1, 0.15) is 28.5 Å². The van der Waals surface area contributed by atoms with E-state index < -0.39 is 6.03 Å². The molecule has 1 fully saturated rings. The zero-order valence-electron chi connectivity index (χ0n) is 17.4. The molecule has 1 saturated heterocycles. The molecule has 2 bridgehead atoms. The number of likely N-dealkylation sites (tertiary alicyclic amines) is 1. The Balaban J connectivity index is 1.34. The van der Waals surface area contributed by atoms with Crippen molar-refractivity contribution in [3.63, 3.8) is 0 Å². The first-order valence-electron chi connectivity index (χ1n) is 10.7. The van der Waals surface area contributed by atoms with Crippen LogP contribution in [0.2, 0.25) is 0 Å². The molecule has 5 rings (SSSR count). The minimum Gasteiger partial charge on any atom is -0.336 e. The summed E-state index contributed by atoms with van der Waals surface area (Å²) in [4.78, 5) is 44.3. The van der Waals surface area contributed by atoms with Gasteiger partial charge in [0, 0.05) is 43.1 Å². The molecule has 2 aliphatic rings. The summed E-state index contributed by atoms with van der Waals surface area (Å²) in [6.07, 6.45) is 2.56. The van der Waals surface area contributed by atoms with Gasteiger partial charge in [0.15, 0.2) is 0 Å². The van der Waals surface area contributed by atoms with Crippen molar-refractivity contribution in [2.75, 3.05) is 23.7 Å². The summed E-state index contributed by atoms with van der Waals surface area (Å²) in [6, 6.07) is 17.5. The van der Waals surface area contributed by atoms with Gasteiger partial charge in [0.2, 0.25) is 0 Å². The number of carbonyl (C=O) groups excluding carboxylic acids is 2. The van der Waals surface area contributed by atoms with E-state index in [1.807, 2.05) is 35.2 Å². The zero-order valence-corrected chi connectivity index (χ0v) is 17.4. The number of nitrogens with one attached hydrogen (secondary N) is 2. The molecule has 3 amide bonds. The summed E-state index contributed by atoms with van der Waals surface area (Å²) in [5.41, 5.74) is 2.01. The van der Waals surface area contributed by atoms with Crippen molar-refractivity contribution in [2.45, 2.75) is 18.9 Å². The van der Waals surface area contributed by atoms with E-state index in [9.17, 15) is 14.4 Å². The van der Waals surface area contributed by atoms with Gasteiger partial charge in [0.25, 0.3) is 11.5 Å². The van der Waals surface area contributed by atoms with Gasteiger partial charge >= 0.3 is 6.03 Å². The number of hydrogen-bond donors (Lipinski definition) is 2. The minimum absolute atomic E-state index is 0.0769. The molecule has 0 radical (unpaired) electrons. The zero-order chi connectivity index (χ0) is 22.1. The fourth-order valence-corrected chi connectivity index (χ4v) is 4.66. The van der Waals surface area contributed by atoms with Crippen LogP contribution in [0.5, 0.6) is 0 Å². The van der Waals surface area contributed by atoms with Gasteiger partial charge in [-0.3, -0.25) is 14.6 Å². The van der Waals surface area contributed by atoms with Crippen molar-refractivity contribution in [1.82, 2.24) is 14.5 Å². The van der Waals surface area contributed by atoms with Crippen LogP contribution in [0, 0.1) is 5.92 Å². The first kappa shape index (κ1) is 20.0. The van der Waals surface area contributed by atoms with E-state index in [0.717, 1.165) is 12.1 Å². The number of carbonyl (C=O) groups is 2. The van der Waals surface area contributed by atoms with Gasteiger partial charge in [0.05, 0.1) is 0 Å². The summed E-state index contributed by atoms with van der Waals surface area (Å²) in [7, 11) is 0. The smallest absolute Gasteiger partial charge is 0.323 e. The molecule has 3 aromatic rings. The lowest BCUT2D eigenvalue weighted by Crippen LogP contribution is -2.49. The molecule has 0 aliphatic carbocycles. The number of nitrogens with zero attached hydrogens (tertiary/aromatic N) is 3. The standard InChI is InChI=1S/C24H23N5O3/c30-22(19-8-4-5-11-25-19)28-13-16-12-17(15-28)21-10-9-20(23(31)29(21)14-16)27-24(32)26-18-6-2-1-3-7-18/h1-11,16-17H,12-15H2,(H2,26,27,32)/t16-,17+/m1/s1. The Bertz CT molecular complexity index is 1210. The van der Waals surface area contributed by atoms with Gasteiger partial charge in [-0.25, -0.2) is 4.79 Å². The van der Waals surface area contributed by atoms with Crippen molar-refractivity contribution in [3.8, 4) is 0 Å². The minimum atomic E-state index is -0.461. The van der Waals surface area contributed by atoms with Gasteiger partial charge < -0.3 is 20.1 Å². The number of urea groups is 1. The molecule has 0 saturated carbocycles. The third-order valence-corrected chi connectivity index (χ3v) is 6.06. The highest BCUT2D eigenvalue weighted by atomic mass is 16.2. The predicted octanol–water partition coefficient (Wildman–Crippen LogP) is 3.15. The average molecular weight is 429 g/mol. The molecule has 0 unspecified atom stereocenters. The monoisotopic (exact) mass is 429 g/mol. The molecule has 2 aliphatic heterocycles. The number of pyridine rings is 2. The molecule has 1 aromatic carbocycles. The summed E-state index contributed by atoms with van der Waals surface area (Å²) in [5.74, 6) is 0.182. The summed E-state index contributed by atoms with van der Waals surface area (Å²) in [6.45, 7) is 1.66. The van der Waals surface area contributed by atoms with Crippen LogP contribution in [0.15, 0.2) is 71.7 Å². The number of fused-ring (bicyclic) bond motifs is 4. The lowest BCUT2D eigenvalue weighted by Gasteiger charge is -2.42. The molecule has 0 spiro atoms. The Morgan fingerprint density at radius 1 is 0.906 bits per heavy atom. The highest BCUT2D eigenvalue weighted by Crippen LogP contribution is 2.35. The molecule has 4 heterocycles. The number of rotatable bonds is 3. The molecule has 8 heteroatoms. The van der Waals surface area contributed by atoms with Crippen LogP contribution in [-0.4, -0.2) is 39.5 Å². The molecule has 2 atom stereocenters. The largest absolute Gasteiger partial charge is 0.336 e. The predicted molar refractivity (Wildman–Crippen MR) is 121 cm³/mol. The lowest BCUT2D eigenvalue weighted by molar-refractivity contribution is 0.0589. The van der Waals surface area contributed by atoms with Crippen LogP contribution in [-0.2, 0) is 6.54 Å². The lowest BCUT2D eigenvalue weighted by atomic mass is 9.83. The number of para-hydroxylation sites is 1. The molecule has 8 nitrogen and oxygen atoms in total. The van der Waals surface area contributed by atoms with E-state index in [-0.39, 0.29) is 29.0 Å². The second kappa shape index (κ2) is 8.30. The maximum Gasteiger partial charge on any atom is 0.323 e. The molecular weight excluding hydrogens is 406 g/mol. The van der Waals surface area contributed by atoms with Gasteiger partial charge in [-0.1, -0.05) is 24.3 Å². The molecule has 162 valence electrons. The average Bonchev–Trinajstić information content (AvgIpc) is 2.82. The van der Waals surface area contributed by atoms with Gasteiger partial charge in [0.1, 0.15) is 11.4 Å². The number of amides is 3. The first-order chi connectivity index (χ1) is 15.6. The van der Waals surface area contributed by atoms with Crippen molar-refractivity contribution >= 4 is 23.3 Å². The highest BCUT2D eigenvalue weighted by Gasteiger charge is 2.37. The maximum atomic E-state index is 13.1. The quantitative estimate of drug-likeness (QED) is 0.669. The number of piperidine rings is 1. The summed E-state index contributed by atoms with van der Waals surface area (Å²) < 4.78 is 1.75. The Morgan fingerprint density at radius 3 is 2.50 bits per heavy atom. The SMILES string of the molecule is O=C(Nc1ccccc1)Nc1ccc2n(c1=O)C[C@@H]1C[C@H]2CN(C(=O)c2ccccn2)C1. The van der Waals surface area contributed by atoms with Crippen molar-refractivity contribution in [1.29, 1.82) is 0 Å². The third-order valence-electron chi connectivity index (χ3n) is 6.06. The normalized spacial score (nSPS) is 19.1. The van der Waals surface area contributed by atoms with E-state index in [2.05, 4.69) is 15.6 Å². The van der Waals surface area contributed by atoms with E-state index in [4.69, 9.17) is 0 Å². The topological polar surface area (TPSA) is 96.3 Å². The van der Waals surface area contributed by atoms with Crippen LogP contribution < -0.4 is 16.2 Å². The first-order valence-corrected chi connectivity index (χ1v) is 10.7. The third kappa shape index (κ3) is 3.87. The second-order valence-corrected chi connectivity index (χ2v) is 8.26. The van der Waals surface area contributed by atoms with Crippen LogP contribution in [0.25, 0.3) is 0 Å². The van der Waals surface area contributed by atoms with Crippen LogP contribution >= 0.6 is 0 Å². The summed E-state index contributed by atoms with van der Waals surface area (Å²) >= 11 is 0. The maximum absolute atomic E-state index is 13.1. The van der Waals surface area contributed by atoms with Crippen molar-refractivity contribution in [2.24, 2.45) is 5.92 Å². The molecule has 2 N–H and O–H groups in total. The van der Waals surface area contributed by atoms with E-state index in [0.29, 0.717) is 31.0 Å². The Labute approximate surface area is 184 Å². The number of aromatic nitrogens is 2. The highest BCUT2D eigenvalue weighted by molar-refractivity contribution is 5.99. The van der Waals surface area contributed by atoms with E-state index in [1.54, 1.807) is 41.1 Å². The number of anilines is 2. The van der Waals surface area contributed by atoms with Gasteiger partial charge in [-0.05, 0) is 48.7 Å².